The van der Waals surface area contributed by atoms with Gasteiger partial charge in [-0.1, -0.05) is 0 Å². The van der Waals surface area contributed by atoms with E-state index in [0.717, 1.165) is 18.4 Å². The van der Waals surface area contributed by atoms with Crippen LogP contribution in [-0.4, -0.2) is 30.1 Å². The van der Waals surface area contributed by atoms with Crippen LogP contribution in [0.3, 0.4) is 0 Å². The first kappa shape index (κ1) is 12.0. The van der Waals surface area contributed by atoms with E-state index in [-0.39, 0.29) is 5.54 Å². The van der Waals surface area contributed by atoms with Crippen LogP contribution in [0.15, 0.2) is 0 Å². The van der Waals surface area contributed by atoms with E-state index in [1.807, 2.05) is 0 Å². The summed E-state index contributed by atoms with van der Waals surface area (Å²) >= 11 is 0. The van der Waals surface area contributed by atoms with E-state index in [1.165, 1.54) is 25.8 Å². The second-order valence-electron chi connectivity index (χ2n) is 5.65. The van der Waals surface area contributed by atoms with Crippen LogP contribution in [0.5, 0.6) is 0 Å². The van der Waals surface area contributed by atoms with Gasteiger partial charge in [-0.3, -0.25) is 0 Å². The molecule has 84 valence electrons. The Morgan fingerprint density at radius 1 is 1.43 bits per heavy atom. The molecule has 0 amide bonds. The van der Waals surface area contributed by atoms with Crippen molar-refractivity contribution in [2.75, 3.05) is 13.6 Å². The van der Waals surface area contributed by atoms with Gasteiger partial charge in [-0.2, -0.15) is 0 Å². The van der Waals surface area contributed by atoms with Gasteiger partial charge in [0.2, 0.25) is 0 Å². The first-order valence-corrected chi connectivity index (χ1v) is 5.89. The lowest BCUT2D eigenvalue weighted by Gasteiger charge is -2.26. The minimum absolute atomic E-state index is 0.00363. The van der Waals surface area contributed by atoms with Gasteiger partial charge in [0.05, 0.1) is 0 Å². The molecule has 14 heavy (non-hydrogen) atoms. The van der Waals surface area contributed by atoms with Crippen molar-refractivity contribution in [3.63, 3.8) is 0 Å². The van der Waals surface area contributed by atoms with E-state index in [2.05, 4.69) is 32.7 Å². The highest BCUT2D eigenvalue weighted by molar-refractivity contribution is 4.84. The highest BCUT2D eigenvalue weighted by atomic mass is 15.1. The van der Waals surface area contributed by atoms with Gasteiger partial charge in [0.1, 0.15) is 0 Å². The molecule has 0 bridgehead atoms. The molecule has 1 atom stereocenters. The van der Waals surface area contributed by atoms with Gasteiger partial charge in [-0.05, 0) is 66.0 Å². The Labute approximate surface area is 88.8 Å². The molecule has 2 N–H and O–H groups in total. The maximum Gasteiger partial charge on any atom is 0.00975 e. The molecule has 0 heterocycles. The second kappa shape index (κ2) is 4.63. The van der Waals surface area contributed by atoms with Gasteiger partial charge in [0.25, 0.3) is 0 Å². The van der Waals surface area contributed by atoms with Crippen molar-refractivity contribution in [3.05, 3.63) is 0 Å². The number of rotatable bonds is 6. The zero-order valence-corrected chi connectivity index (χ0v) is 10.2. The Morgan fingerprint density at radius 2 is 2.00 bits per heavy atom. The topological polar surface area (TPSA) is 29.3 Å². The lowest BCUT2D eigenvalue weighted by atomic mass is 10.00. The quantitative estimate of drug-likeness (QED) is 0.709. The Kier molecular flexibility index (Phi) is 3.96. The maximum atomic E-state index is 5.95. The highest BCUT2D eigenvalue weighted by Crippen LogP contribution is 2.34. The Bertz CT molecular complexity index is 168. The summed E-state index contributed by atoms with van der Waals surface area (Å²) in [5.74, 6) is 0.978. The molecule has 1 saturated carbocycles. The molecule has 1 unspecified atom stereocenters. The van der Waals surface area contributed by atoms with Crippen molar-refractivity contribution in [2.45, 2.75) is 58.0 Å². The number of nitrogens with two attached hydrogens (primary N) is 1. The average molecular weight is 198 g/mol. The Morgan fingerprint density at radius 3 is 2.43 bits per heavy atom. The number of nitrogens with zero attached hydrogens (tertiary/aromatic N) is 1. The fourth-order valence-corrected chi connectivity index (χ4v) is 1.93. The molecule has 0 spiro atoms. The van der Waals surface area contributed by atoms with Crippen molar-refractivity contribution in [2.24, 2.45) is 11.7 Å². The van der Waals surface area contributed by atoms with Crippen LogP contribution >= 0.6 is 0 Å². The number of hydrogen-bond donors (Lipinski definition) is 1. The molecule has 0 radical (unpaired) electrons. The van der Waals surface area contributed by atoms with Crippen LogP contribution in [0.1, 0.15) is 46.5 Å². The monoisotopic (exact) mass is 198 g/mol. The van der Waals surface area contributed by atoms with Crippen LogP contribution in [0.25, 0.3) is 0 Å². The largest absolute Gasteiger partial charge is 0.326 e. The van der Waals surface area contributed by atoms with E-state index >= 15 is 0 Å². The fourth-order valence-electron chi connectivity index (χ4n) is 1.93. The van der Waals surface area contributed by atoms with Gasteiger partial charge in [0, 0.05) is 11.6 Å². The van der Waals surface area contributed by atoms with Crippen LogP contribution < -0.4 is 5.73 Å². The highest BCUT2D eigenvalue weighted by Gasteiger charge is 2.30. The van der Waals surface area contributed by atoms with Crippen LogP contribution in [0, 0.1) is 5.92 Å². The molecule has 0 aromatic carbocycles. The molecule has 1 aliphatic rings. The SMILES string of the molecule is CC(C1CC1)N(C)CCCC(C)(C)N. The van der Waals surface area contributed by atoms with Crippen LogP contribution in [0.4, 0.5) is 0 Å². The third-order valence-electron chi connectivity index (χ3n) is 3.33. The summed E-state index contributed by atoms with van der Waals surface area (Å²) in [4.78, 5) is 2.49. The van der Waals surface area contributed by atoms with Gasteiger partial charge in [-0.15, -0.1) is 0 Å². The number of hydrogen-bond acceptors (Lipinski definition) is 2. The summed E-state index contributed by atoms with van der Waals surface area (Å²) < 4.78 is 0. The molecule has 0 aromatic rings. The molecule has 1 fully saturated rings. The first-order valence-electron chi connectivity index (χ1n) is 5.89. The van der Waals surface area contributed by atoms with Crippen LogP contribution in [0.2, 0.25) is 0 Å². The van der Waals surface area contributed by atoms with Crippen molar-refractivity contribution >= 4 is 0 Å². The van der Waals surface area contributed by atoms with E-state index in [9.17, 15) is 0 Å². The minimum atomic E-state index is 0.00363. The molecule has 1 rings (SSSR count). The van der Waals surface area contributed by atoms with Crippen molar-refractivity contribution in [1.82, 2.24) is 4.90 Å². The van der Waals surface area contributed by atoms with Crippen molar-refractivity contribution < 1.29 is 0 Å². The Balaban J connectivity index is 2.11. The van der Waals surface area contributed by atoms with Crippen molar-refractivity contribution in [1.29, 1.82) is 0 Å². The van der Waals surface area contributed by atoms with Gasteiger partial charge in [-0.25, -0.2) is 0 Å². The predicted octanol–water partition coefficient (Wildman–Crippen LogP) is 2.23. The van der Waals surface area contributed by atoms with E-state index in [0.29, 0.717) is 0 Å². The summed E-state index contributed by atoms with van der Waals surface area (Å²) in [6.07, 6.45) is 5.22. The summed E-state index contributed by atoms with van der Waals surface area (Å²) in [5.41, 5.74) is 5.96. The summed E-state index contributed by atoms with van der Waals surface area (Å²) in [7, 11) is 2.24. The summed E-state index contributed by atoms with van der Waals surface area (Å²) in [6, 6.07) is 0.774. The van der Waals surface area contributed by atoms with Gasteiger partial charge < -0.3 is 10.6 Å². The zero-order valence-electron chi connectivity index (χ0n) is 10.2. The Hall–Kier alpha value is -0.0800. The zero-order chi connectivity index (χ0) is 10.8. The standard InChI is InChI=1S/C12H26N2/c1-10(11-6-7-11)14(4)9-5-8-12(2,3)13/h10-11H,5-9,13H2,1-4H3. The molecule has 0 saturated heterocycles. The summed E-state index contributed by atoms with van der Waals surface area (Å²) in [6.45, 7) is 7.76. The fraction of sp³-hybridized carbons (Fsp3) is 1.00. The van der Waals surface area contributed by atoms with E-state index < -0.39 is 0 Å². The maximum absolute atomic E-state index is 5.95. The first-order chi connectivity index (χ1) is 6.40. The predicted molar refractivity (Wildman–Crippen MR) is 62.3 cm³/mol. The molecule has 0 aromatic heterocycles. The van der Waals surface area contributed by atoms with E-state index in [4.69, 9.17) is 5.73 Å². The summed E-state index contributed by atoms with van der Waals surface area (Å²) in [5, 5.41) is 0. The minimum Gasteiger partial charge on any atom is -0.326 e. The van der Waals surface area contributed by atoms with Crippen LogP contribution in [-0.2, 0) is 0 Å². The normalized spacial score (nSPS) is 20.1. The lowest BCUT2D eigenvalue weighted by molar-refractivity contribution is 0.224. The molecular weight excluding hydrogens is 172 g/mol. The second-order valence-corrected chi connectivity index (χ2v) is 5.65. The van der Waals surface area contributed by atoms with E-state index in [1.54, 1.807) is 0 Å². The smallest absolute Gasteiger partial charge is 0.00975 e. The van der Waals surface area contributed by atoms with Crippen molar-refractivity contribution in [3.8, 4) is 0 Å². The average Bonchev–Trinajstić information content (AvgIpc) is 2.82. The molecular formula is C12H26N2. The molecule has 2 heteroatoms. The third-order valence-corrected chi connectivity index (χ3v) is 3.33. The molecule has 0 aliphatic heterocycles. The lowest BCUT2D eigenvalue weighted by Crippen LogP contribution is -2.35. The van der Waals surface area contributed by atoms with Gasteiger partial charge >= 0.3 is 0 Å². The molecule has 1 aliphatic carbocycles. The van der Waals surface area contributed by atoms with Gasteiger partial charge in [0.15, 0.2) is 0 Å². The molecule has 2 nitrogen and oxygen atoms in total. The third kappa shape index (κ3) is 4.43.